The van der Waals surface area contributed by atoms with Crippen molar-refractivity contribution in [3.05, 3.63) is 60.2 Å². The number of nitrogens with zero attached hydrogens (tertiary/aromatic N) is 2. The Labute approximate surface area is 169 Å². The lowest BCUT2D eigenvalue weighted by molar-refractivity contribution is 0.0706. The van der Waals surface area contributed by atoms with Crippen molar-refractivity contribution in [2.45, 2.75) is 18.2 Å². The van der Waals surface area contributed by atoms with Gasteiger partial charge in [0.25, 0.3) is 15.9 Å². The fourth-order valence-corrected chi connectivity index (χ4v) is 3.98. The van der Waals surface area contributed by atoms with Gasteiger partial charge in [-0.25, -0.2) is 18.9 Å². The maximum absolute atomic E-state index is 12.7. The summed E-state index contributed by atoms with van der Waals surface area (Å²) in [5.74, 6) is 0.158. The lowest BCUT2D eigenvalue weighted by atomic mass is 10.2. The normalized spacial score (nSPS) is 11.3. The summed E-state index contributed by atoms with van der Waals surface area (Å²) in [5.41, 5.74) is 2.74. The molecule has 3 N–H and O–H groups in total. The Morgan fingerprint density at radius 1 is 1.10 bits per heavy atom. The molecule has 9 heteroatoms. The summed E-state index contributed by atoms with van der Waals surface area (Å²) in [6.45, 7) is 2.98. The van der Waals surface area contributed by atoms with E-state index < -0.39 is 15.9 Å². The Hall–Kier alpha value is -3.17. The van der Waals surface area contributed by atoms with E-state index >= 15 is 0 Å². The van der Waals surface area contributed by atoms with Gasteiger partial charge in [0, 0.05) is 30.2 Å². The zero-order valence-electron chi connectivity index (χ0n) is 16.1. The molecule has 29 heavy (non-hydrogen) atoms. The molecule has 0 radical (unpaired) electrons. The van der Waals surface area contributed by atoms with Crippen LogP contribution in [0.1, 0.15) is 23.7 Å². The molecule has 3 rings (SSSR count). The predicted molar refractivity (Wildman–Crippen MR) is 112 cm³/mol. The first-order valence-electron chi connectivity index (χ1n) is 9.03. The van der Waals surface area contributed by atoms with Gasteiger partial charge in [-0.1, -0.05) is 6.92 Å². The van der Waals surface area contributed by atoms with Crippen molar-refractivity contribution in [1.82, 2.24) is 10.5 Å². The first-order chi connectivity index (χ1) is 13.8. The first kappa shape index (κ1) is 20.6. The molecule has 3 aromatic rings. The van der Waals surface area contributed by atoms with E-state index in [4.69, 9.17) is 5.21 Å². The second-order valence-corrected chi connectivity index (χ2v) is 8.25. The maximum Gasteiger partial charge on any atom is 0.274 e. The summed E-state index contributed by atoms with van der Waals surface area (Å²) in [4.78, 5) is 18.1. The number of anilines is 2. The van der Waals surface area contributed by atoms with Gasteiger partial charge in [0.15, 0.2) is 0 Å². The SMILES string of the molecule is CCCN(C)c1ccc2cc(S(=O)(=O)Nc3ccc(C(=O)NO)cc3)ccc2n1. The van der Waals surface area contributed by atoms with Gasteiger partial charge < -0.3 is 4.90 Å². The molecule has 0 aliphatic rings. The molecule has 1 heterocycles. The van der Waals surface area contributed by atoms with Crippen LogP contribution in [0.2, 0.25) is 0 Å². The topological polar surface area (TPSA) is 112 Å². The third-order valence-electron chi connectivity index (χ3n) is 4.41. The third kappa shape index (κ3) is 4.64. The van der Waals surface area contributed by atoms with Gasteiger partial charge in [0.2, 0.25) is 0 Å². The van der Waals surface area contributed by atoms with Crippen LogP contribution in [-0.2, 0) is 10.0 Å². The van der Waals surface area contributed by atoms with Crippen LogP contribution in [0.5, 0.6) is 0 Å². The predicted octanol–water partition coefficient (Wildman–Crippen LogP) is 3.00. The number of hydrogen-bond donors (Lipinski definition) is 3. The van der Waals surface area contributed by atoms with Gasteiger partial charge in [-0.3, -0.25) is 14.7 Å². The van der Waals surface area contributed by atoms with Gasteiger partial charge >= 0.3 is 0 Å². The number of amides is 1. The molecule has 0 aliphatic carbocycles. The van der Waals surface area contributed by atoms with Gasteiger partial charge in [-0.15, -0.1) is 0 Å². The molecule has 0 fully saturated rings. The summed E-state index contributed by atoms with van der Waals surface area (Å²) < 4.78 is 27.9. The summed E-state index contributed by atoms with van der Waals surface area (Å²) in [7, 11) is -1.85. The van der Waals surface area contributed by atoms with Gasteiger partial charge in [-0.2, -0.15) is 0 Å². The number of aromatic nitrogens is 1. The summed E-state index contributed by atoms with van der Waals surface area (Å²) in [6, 6.07) is 14.2. The number of benzene rings is 2. The van der Waals surface area contributed by atoms with Crippen molar-refractivity contribution in [3.8, 4) is 0 Å². The third-order valence-corrected chi connectivity index (χ3v) is 5.79. The minimum atomic E-state index is -3.82. The van der Waals surface area contributed by atoms with E-state index in [0.717, 1.165) is 24.2 Å². The quantitative estimate of drug-likeness (QED) is 0.405. The highest BCUT2D eigenvalue weighted by Crippen LogP contribution is 2.23. The molecular formula is C20H22N4O4S. The number of fused-ring (bicyclic) bond motifs is 1. The Balaban J connectivity index is 1.84. The van der Waals surface area contributed by atoms with Crippen LogP contribution in [0.3, 0.4) is 0 Å². The monoisotopic (exact) mass is 414 g/mol. The molecule has 0 aliphatic heterocycles. The number of carbonyl (C=O) groups excluding carboxylic acids is 1. The molecular weight excluding hydrogens is 392 g/mol. The Morgan fingerprint density at radius 2 is 1.83 bits per heavy atom. The second kappa shape index (κ2) is 8.46. The van der Waals surface area contributed by atoms with Crippen LogP contribution in [0.4, 0.5) is 11.5 Å². The molecule has 1 amide bonds. The van der Waals surface area contributed by atoms with Gasteiger partial charge in [-0.05, 0) is 61.0 Å². The van der Waals surface area contributed by atoms with Crippen molar-refractivity contribution < 1.29 is 18.4 Å². The number of rotatable bonds is 7. The van der Waals surface area contributed by atoms with E-state index in [-0.39, 0.29) is 10.5 Å². The van der Waals surface area contributed by atoms with Crippen LogP contribution >= 0.6 is 0 Å². The average molecular weight is 414 g/mol. The smallest absolute Gasteiger partial charge is 0.274 e. The number of hydroxylamine groups is 1. The van der Waals surface area contributed by atoms with Crippen molar-refractivity contribution >= 4 is 38.3 Å². The number of nitrogens with one attached hydrogen (secondary N) is 2. The molecule has 0 bridgehead atoms. The fraction of sp³-hybridized carbons (Fsp3) is 0.200. The van der Waals surface area contributed by atoms with Crippen LogP contribution < -0.4 is 15.1 Å². The minimum Gasteiger partial charge on any atom is -0.360 e. The van der Waals surface area contributed by atoms with Crippen molar-refractivity contribution in [3.63, 3.8) is 0 Å². The molecule has 1 aromatic heterocycles. The summed E-state index contributed by atoms with van der Waals surface area (Å²) >= 11 is 0. The Morgan fingerprint density at radius 3 is 2.48 bits per heavy atom. The zero-order chi connectivity index (χ0) is 21.0. The van der Waals surface area contributed by atoms with E-state index in [1.165, 1.54) is 35.8 Å². The lowest BCUT2D eigenvalue weighted by Gasteiger charge is -2.17. The highest BCUT2D eigenvalue weighted by atomic mass is 32.2. The summed E-state index contributed by atoms with van der Waals surface area (Å²) in [5, 5.41) is 9.35. The number of hydrogen-bond acceptors (Lipinski definition) is 6. The average Bonchev–Trinajstić information content (AvgIpc) is 2.72. The van der Waals surface area contributed by atoms with Gasteiger partial charge in [0.1, 0.15) is 5.82 Å². The van der Waals surface area contributed by atoms with E-state index in [1.54, 1.807) is 12.1 Å². The zero-order valence-corrected chi connectivity index (χ0v) is 16.9. The molecule has 0 atom stereocenters. The molecule has 0 saturated heterocycles. The van der Waals surface area contributed by atoms with E-state index in [1.807, 2.05) is 24.1 Å². The largest absolute Gasteiger partial charge is 0.360 e. The summed E-state index contributed by atoms with van der Waals surface area (Å²) in [6.07, 6.45) is 1.00. The van der Waals surface area contributed by atoms with E-state index in [2.05, 4.69) is 16.6 Å². The lowest BCUT2D eigenvalue weighted by Crippen LogP contribution is -2.19. The van der Waals surface area contributed by atoms with Crippen molar-refractivity contribution in [1.29, 1.82) is 0 Å². The van der Waals surface area contributed by atoms with Gasteiger partial charge in [0.05, 0.1) is 10.4 Å². The molecule has 152 valence electrons. The molecule has 0 saturated carbocycles. The molecule has 0 unspecified atom stereocenters. The molecule has 0 spiro atoms. The van der Waals surface area contributed by atoms with E-state index in [0.29, 0.717) is 11.2 Å². The highest BCUT2D eigenvalue weighted by molar-refractivity contribution is 7.92. The first-order valence-corrected chi connectivity index (χ1v) is 10.5. The number of pyridine rings is 1. The molecule has 2 aromatic carbocycles. The van der Waals surface area contributed by atoms with Crippen molar-refractivity contribution in [2.24, 2.45) is 0 Å². The van der Waals surface area contributed by atoms with E-state index in [9.17, 15) is 13.2 Å². The second-order valence-electron chi connectivity index (χ2n) is 6.57. The Kier molecular flexibility index (Phi) is 6.00. The number of carbonyl (C=O) groups is 1. The van der Waals surface area contributed by atoms with Crippen LogP contribution in [0.25, 0.3) is 10.9 Å². The molecule has 8 nitrogen and oxygen atoms in total. The standard InChI is InChI=1S/C20H22N4O4S/c1-3-12-24(2)19-11-6-15-13-17(9-10-18(15)21-19)29(27,28)23-16-7-4-14(5-8-16)20(25)22-26/h4-11,13,23,26H,3,12H2,1-2H3,(H,22,25). The Bertz CT molecular complexity index is 1130. The van der Waals surface area contributed by atoms with Crippen LogP contribution in [0.15, 0.2) is 59.5 Å². The minimum absolute atomic E-state index is 0.110. The highest BCUT2D eigenvalue weighted by Gasteiger charge is 2.16. The fourth-order valence-electron chi connectivity index (χ4n) is 2.89. The van der Waals surface area contributed by atoms with Crippen LogP contribution in [-0.4, -0.2) is 38.1 Å². The number of sulfonamides is 1. The maximum atomic E-state index is 12.7. The van der Waals surface area contributed by atoms with Crippen LogP contribution in [0, 0.1) is 0 Å². The van der Waals surface area contributed by atoms with Crippen molar-refractivity contribution in [2.75, 3.05) is 23.2 Å².